The van der Waals surface area contributed by atoms with Crippen molar-refractivity contribution in [1.29, 1.82) is 0 Å². The fourth-order valence-electron chi connectivity index (χ4n) is 6.88. The molecule has 0 aromatic heterocycles. The van der Waals surface area contributed by atoms with Crippen LogP contribution in [0.3, 0.4) is 0 Å². The zero-order chi connectivity index (χ0) is 24.3. The van der Waals surface area contributed by atoms with Crippen molar-refractivity contribution in [3.05, 3.63) is 0 Å². The second kappa shape index (κ2) is 11.4. The van der Waals surface area contributed by atoms with Crippen molar-refractivity contribution in [3.8, 4) is 0 Å². The highest BCUT2D eigenvalue weighted by Crippen LogP contribution is 2.62. The highest BCUT2D eigenvalue weighted by atomic mass is 31.2. The maximum absolute atomic E-state index is 13.7. The van der Waals surface area contributed by atoms with Crippen LogP contribution < -0.4 is 0 Å². The van der Waals surface area contributed by atoms with Crippen LogP contribution in [0.15, 0.2) is 0 Å². The lowest BCUT2D eigenvalue weighted by molar-refractivity contribution is -0.180. The van der Waals surface area contributed by atoms with Crippen LogP contribution in [0.2, 0.25) is 0 Å². The second-order valence-electron chi connectivity index (χ2n) is 11.5. The Kier molecular flexibility index (Phi) is 9.50. The summed E-state index contributed by atoms with van der Waals surface area (Å²) < 4.78 is 35.6. The lowest BCUT2D eigenvalue weighted by Gasteiger charge is -2.59. The second-order valence-corrected chi connectivity index (χ2v) is 14.3. The van der Waals surface area contributed by atoms with Gasteiger partial charge in [0.2, 0.25) is 0 Å². The van der Waals surface area contributed by atoms with Crippen molar-refractivity contribution in [2.75, 3.05) is 54.6 Å². The van der Waals surface area contributed by atoms with Gasteiger partial charge in [-0.3, -0.25) is 4.57 Å². The van der Waals surface area contributed by atoms with Crippen LogP contribution in [-0.2, 0) is 18.6 Å². The predicted molar refractivity (Wildman–Crippen MR) is 132 cm³/mol. The zero-order valence-corrected chi connectivity index (χ0v) is 22.8. The third-order valence-corrected chi connectivity index (χ3v) is 11.6. The van der Waals surface area contributed by atoms with Gasteiger partial charge in [0.25, 0.3) is 0 Å². The van der Waals surface area contributed by atoms with E-state index in [0.29, 0.717) is 31.0 Å². The molecule has 3 aliphatic rings. The summed E-state index contributed by atoms with van der Waals surface area (Å²) in [6.45, 7) is 6.72. The van der Waals surface area contributed by atoms with Gasteiger partial charge in [0.1, 0.15) is 0 Å². The van der Waals surface area contributed by atoms with Crippen LogP contribution in [-0.4, -0.2) is 75.4 Å². The van der Waals surface area contributed by atoms with E-state index in [9.17, 15) is 9.67 Å². The number of fused-ring (bicyclic) bond motifs is 1. The molecule has 2 saturated carbocycles. The normalized spacial score (nSPS) is 38.0. The molecule has 33 heavy (non-hydrogen) atoms. The van der Waals surface area contributed by atoms with E-state index >= 15 is 0 Å². The molecule has 3 fully saturated rings. The minimum atomic E-state index is -3.09. The van der Waals surface area contributed by atoms with E-state index in [0.717, 1.165) is 64.4 Å². The molecule has 2 unspecified atom stereocenters. The van der Waals surface area contributed by atoms with Crippen molar-refractivity contribution < 1.29 is 23.7 Å². The third kappa shape index (κ3) is 5.71. The van der Waals surface area contributed by atoms with Gasteiger partial charge in [0.05, 0.1) is 13.2 Å². The summed E-state index contributed by atoms with van der Waals surface area (Å²) in [6.07, 6.45) is 9.60. The first kappa shape index (κ1) is 27.6. The molecule has 194 valence electrons. The summed E-state index contributed by atoms with van der Waals surface area (Å²) in [4.78, 5) is 0. The van der Waals surface area contributed by atoms with Gasteiger partial charge in [-0.1, -0.05) is 20.3 Å². The number of rotatable bonds is 10. The number of nitrogens with zero attached hydrogens (tertiary/aromatic N) is 2. The SMILES string of the molecule is C[C@@H]1CCC2[C@@H](CCC[C@@]2(C)CO)[C@@]1(CCOC1CCCCO1)COP(=O)(N(C)C)N(C)C. The molecule has 0 bridgehead atoms. The molecule has 7 nitrogen and oxygen atoms in total. The first-order chi connectivity index (χ1) is 15.6. The maximum atomic E-state index is 13.7. The average Bonchev–Trinajstić information content (AvgIpc) is 2.80. The minimum absolute atomic E-state index is 0.0472. The van der Waals surface area contributed by atoms with E-state index in [2.05, 4.69) is 13.8 Å². The van der Waals surface area contributed by atoms with Gasteiger partial charge in [-0.25, -0.2) is 9.34 Å². The summed E-state index contributed by atoms with van der Waals surface area (Å²) in [5.74, 6) is 1.33. The predicted octanol–water partition coefficient (Wildman–Crippen LogP) is 5.00. The Morgan fingerprint density at radius 2 is 1.76 bits per heavy atom. The first-order valence-electron chi connectivity index (χ1n) is 13.0. The van der Waals surface area contributed by atoms with Crippen LogP contribution in [0.1, 0.15) is 71.6 Å². The highest BCUT2D eigenvalue weighted by molar-refractivity contribution is 7.53. The van der Waals surface area contributed by atoms with E-state index in [1.165, 1.54) is 0 Å². The van der Waals surface area contributed by atoms with Crippen molar-refractivity contribution in [1.82, 2.24) is 9.34 Å². The summed E-state index contributed by atoms with van der Waals surface area (Å²) in [5.41, 5.74) is -0.176. The van der Waals surface area contributed by atoms with E-state index in [1.54, 1.807) is 9.34 Å². The molecule has 2 aliphatic carbocycles. The molecule has 6 atom stereocenters. The Labute approximate surface area is 202 Å². The van der Waals surface area contributed by atoms with Crippen molar-refractivity contribution in [3.63, 3.8) is 0 Å². The fourth-order valence-corrected chi connectivity index (χ4v) is 8.47. The van der Waals surface area contributed by atoms with Gasteiger partial charge < -0.3 is 19.1 Å². The lowest BCUT2D eigenvalue weighted by atomic mass is 9.47. The van der Waals surface area contributed by atoms with Gasteiger partial charge in [-0.15, -0.1) is 0 Å². The van der Waals surface area contributed by atoms with Crippen LogP contribution in [0.4, 0.5) is 0 Å². The highest BCUT2D eigenvalue weighted by Gasteiger charge is 2.56. The number of hydrogen-bond acceptors (Lipinski definition) is 5. The van der Waals surface area contributed by atoms with Gasteiger partial charge in [-0.05, 0) is 103 Å². The molecule has 0 spiro atoms. The Morgan fingerprint density at radius 3 is 2.36 bits per heavy atom. The summed E-state index contributed by atoms with van der Waals surface area (Å²) in [6, 6.07) is 0. The van der Waals surface area contributed by atoms with E-state index in [-0.39, 0.29) is 23.7 Å². The molecule has 3 rings (SSSR count). The molecule has 0 radical (unpaired) electrons. The minimum Gasteiger partial charge on any atom is -0.396 e. The molecule has 0 aromatic carbocycles. The molecule has 0 amide bonds. The van der Waals surface area contributed by atoms with Gasteiger partial charge in [0.15, 0.2) is 6.29 Å². The quantitative estimate of drug-likeness (QED) is 0.434. The van der Waals surface area contributed by atoms with Gasteiger partial charge >= 0.3 is 7.67 Å². The maximum Gasteiger partial charge on any atom is 0.345 e. The van der Waals surface area contributed by atoms with Crippen molar-refractivity contribution in [2.24, 2.45) is 28.6 Å². The molecule has 1 aliphatic heterocycles. The van der Waals surface area contributed by atoms with Gasteiger partial charge in [-0.2, -0.15) is 0 Å². The van der Waals surface area contributed by atoms with Crippen LogP contribution in [0, 0.1) is 28.6 Å². The Hall–Kier alpha value is -0.0100. The van der Waals surface area contributed by atoms with Crippen LogP contribution in [0.5, 0.6) is 0 Å². The fraction of sp³-hybridized carbons (Fsp3) is 1.00. The molecule has 1 saturated heterocycles. The molecule has 1 N–H and O–H groups in total. The van der Waals surface area contributed by atoms with Crippen LogP contribution >= 0.6 is 7.67 Å². The third-order valence-electron chi connectivity index (χ3n) is 9.16. The number of hydrogen-bond donors (Lipinski definition) is 1. The topological polar surface area (TPSA) is 71.5 Å². The van der Waals surface area contributed by atoms with E-state index in [4.69, 9.17) is 14.0 Å². The monoisotopic (exact) mass is 488 g/mol. The standard InChI is InChI=1S/C25H49N2O5P/c1-20-12-13-21-22(10-9-14-24(21,2)18-28)25(20,15-17-31-23-11-7-8-16-30-23)19-32-33(29,26(3)4)27(5)6/h20-23,28H,7-19H2,1-6H3/t20-,21?,22-,23?,24+,25+/m1/s1. The largest absolute Gasteiger partial charge is 0.396 e. The average molecular weight is 489 g/mol. The van der Waals surface area contributed by atoms with Gasteiger partial charge in [0, 0.05) is 18.6 Å². The summed E-state index contributed by atoms with van der Waals surface area (Å²) >= 11 is 0. The Balaban J connectivity index is 1.86. The van der Waals surface area contributed by atoms with Crippen LogP contribution in [0.25, 0.3) is 0 Å². The van der Waals surface area contributed by atoms with E-state index < -0.39 is 7.67 Å². The molecule has 1 heterocycles. The lowest BCUT2D eigenvalue weighted by Crippen LogP contribution is -2.55. The number of ether oxygens (including phenoxy) is 2. The molecular weight excluding hydrogens is 439 g/mol. The Morgan fingerprint density at radius 1 is 1.03 bits per heavy atom. The number of aliphatic hydroxyl groups excluding tert-OH is 1. The molecular formula is C25H49N2O5P. The zero-order valence-electron chi connectivity index (χ0n) is 21.9. The van der Waals surface area contributed by atoms with E-state index in [1.807, 2.05) is 28.2 Å². The Bertz CT molecular complexity index is 659. The summed E-state index contributed by atoms with van der Waals surface area (Å²) in [7, 11) is 4.22. The number of aliphatic hydroxyl groups is 1. The van der Waals surface area contributed by atoms with Crippen molar-refractivity contribution >= 4 is 7.67 Å². The first-order valence-corrected chi connectivity index (χ1v) is 14.6. The molecule has 8 heteroatoms. The smallest absolute Gasteiger partial charge is 0.345 e. The van der Waals surface area contributed by atoms with Crippen molar-refractivity contribution in [2.45, 2.75) is 77.9 Å². The summed E-state index contributed by atoms with van der Waals surface area (Å²) in [5, 5.41) is 10.3. The molecule has 0 aromatic rings.